The van der Waals surface area contributed by atoms with E-state index in [0.29, 0.717) is 38.6 Å². The molecule has 0 saturated heterocycles. The second kappa shape index (κ2) is 6.38. The van der Waals surface area contributed by atoms with E-state index >= 15 is 0 Å². The summed E-state index contributed by atoms with van der Waals surface area (Å²) in [6, 6.07) is 6.99. The number of rotatable bonds is 4. The predicted octanol–water partition coefficient (Wildman–Crippen LogP) is 3.45. The maximum atomic E-state index is 9.10. The minimum Gasteiger partial charge on any atom is -0.438 e. The first-order valence-corrected chi connectivity index (χ1v) is 7.15. The van der Waals surface area contributed by atoms with Gasteiger partial charge in [0.2, 0.25) is 5.89 Å². The van der Waals surface area contributed by atoms with E-state index in [1.807, 2.05) is 6.07 Å². The number of nitrogens with one attached hydrogen (secondary N) is 1. The molecule has 0 aliphatic rings. The molecule has 3 rings (SSSR count). The Balaban J connectivity index is 2.12. The smallest absolute Gasteiger partial charge is 0.227 e. The number of aromatic amines is 1. The molecule has 0 saturated carbocycles. The van der Waals surface area contributed by atoms with Crippen molar-refractivity contribution in [2.45, 2.75) is 6.61 Å². The highest BCUT2D eigenvalue weighted by molar-refractivity contribution is 6.42. The number of methoxy groups -OCH3 is 1. The molecule has 0 aliphatic carbocycles. The average molecular weight is 350 g/mol. The summed E-state index contributed by atoms with van der Waals surface area (Å²) in [5.41, 5.74) is 1.52. The minimum absolute atomic E-state index is 0.168. The number of aromatic nitrogens is 4. The first-order chi connectivity index (χ1) is 11.1. The summed E-state index contributed by atoms with van der Waals surface area (Å²) in [5, 5.41) is 19.9. The van der Waals surface area contributed by atoms with E-state index < -0.39 is 0 Å². The van der Waals surface area contributed by atoms with Gasteiger partial charge in [-0.1, -0.05) is 28.4 Å². The molecule has 0 aliphatic heterocycles. The summed E-state index contributed by atoms with van der Waals surface area (Å²) >= 11 is 11.9. The maximum Gasteiger partial charge on any atom is 0.227 e. The quantitative estimate of drug-likeness (QED) is 0.773. The summed E-state index contributed by atoms with van der Waals surface area (Å²) in [7, 11) is 1.53. The maximum absolute atomic E-state index is 9.10. The Hall–Kier alpha value is -2.40. The lowest BCUT2D eigenvalue weighted by Gasteiger charge is -1.98. The third kappa shape index (κ3) is 2.92. The molecule has 23 heavy (non-hydrogen) atoms. The largest absolute Gasteiger partial charge is 0.438 e. The number of ether oxygens (including phenoxy) is 1. The van der Waals surface area contributed by atoms with E-state index in [9.17, 15) is 0 Å². The third-order valence-electron chi connectivity index (χ3n) is 3.02. The molecule has 2 aromatic heterocycles. The summed E-state index contributed by atoms with van der Waals surface area (Å²) in [6.45, 7) is 0.168. The van der Waals surface area contributed by atoms with Gasteiger partial charge in [0.15, 0.2) is 17.1 Å². The fourth-order valence-electron chi connectivity index (χ4n) is 1.99. The fraction of sp³-hybridized carbons (Fsp3) is 0.143. The van der Waals surface area contributed by atoms with Crippen LogP contribution in [0.5, 0.6) is 0 Å². The van der Waals surface area contributed by atoms with Gasteiger partial charge in [0.25, 0.3) is 0 Å². The molecule has 0 fully saturated rings. The molecule has 9 heteroatoms. The summed E-state index contributed by atoms with van der Waals surface area (Å²) < 4.78 is 10.8. The lowest BCUT2D eigenvalue weighted by molar-refractivity contribution is 0.165. The van der Waals surface area contributed by atoms with E-state index in [0.717, 1.165) is 0 Å². The number of nitriles is 1. The molecule has 3 aromatic rings. The van der Waals surface area contributed by atoms with E-state index in [2.05, 4.69) is 20.4 Å². The zero-order valence-electron chi connectivity index (χ0n) is 11.8. The van der Waals surface area contributed by atoms with Gasteiger partial charge in [0.1, 0.15) is 18.4 Å². The van der Waals surface area contributed by atoms with Gasteiger partial charge in [0.05, 0.1) is 10.0 Å². The molecule has 2 heterocycles. The Kier molecular flexibility index (Phi) is 4.30. The standard InChI is InChI=1S/C14H9Cl2N5O2/c1-22-6-11-13(12-10(5-17)19-21-20-12)18-14(23-11)7-2-3-8(15)9(16)4-7/h2-4H,6H2,1H3,(H,19,20,21). The van der Waals surface area contributed by atoms with Gasteiger partial charge in [-0.2, -0.15) is 5.26 Å². The highest BCUT2D eigenvalue weighted by Gasteiger charge is 2.21. The number of hydrogen-bond donors (Lipinski definition) is 1. The van der Waals surface area contributed by atoms with Crippen molar-refractivity contribution >= 4 is 23.2 Å². The Morgan fingerprint density at radius 1 is 1.30 bits per heavy atom. The van der Waals surface area contributed by atoms with Gasteiger partial charge in [-0.25, -0.2) is 10.1 Å². The summed E-state index contributed by atoms with van der Waals surface area (Å²) in [6.07, 6.45) is 0. The lowest BCUT2D eigenvalue weighted by atomic mass is 10.2. The Morgan fingerprint density at radius 3 is 2.83 bits per heavy atom. The Bertz CT molecular complexity index is 897. The minimum atomic E-state index is 0.168. The zero-order chi connectivity index (χ0) is 16.4. The monoisotopic (exact) mass is 349 g/mol. The van der Waals surface area contributed by atoms with Crippen LogP contribution >= 0.6 is 23.2 Å². The molecule has 0 bridgehead atoms. The predicted molar refractivity (Wildman–Crippen MR) is 82.8 cm³/mol. The van der Waals surface area contributed by atoms with Gasteiger partial charge in [-0.05, 0) is 18.2 Å². The molecule has 1 N–H and O–H groups in total. The number of benzene rings is 1. The molecule has 0 spiro atoms. The van der Waals surface area contributed by atoms with Crippen LogP contribution in [0, 0.1) is 11.3 Å². The van der Waals surface area contributed by atoms with Crippen LogP contribution in [0.25, 0.3) is 22.8 Å². The van der Waals surface area contributed by atoms with Crippen LogP contribution in [0.3, 0.4) is 0 Å². The summed E-state index contributed by atoms with van der Waals surface area (Å²) in [4.78, 5) is 4.40. The second-order valence-electron chi connectivity index (χ2n) is 4.50. The van der Waals surface area contributed by atoms with Crippen molar-refractivity contribution in [3.8, 4) is 28.9 Å². The molecule has 7 nitrogen and oxygen atoms in total. The molecule has 0 unspecified atom stereocenters. The lowest BCUT2D eigenvalue weighted by Crippen LogP contribution is -1.91. The number of oxazole rings is 1. The SMILES string of the molecule is COCc1oc(-c2ccc(Cl)c(Cl)c2)nc1-c1nn[nH]c1C#N. The van der Waals surface area contributed by atoms with Crippen LogP contribution in [0.1, 0.15) is 11.5 Å². The van der Waals surface area contributed by atoms with Crippen molar-refractivity contribution < 1.29 is 9.15 Å². The zero-order valence-corrected chi connectivity index (χ0v) is 13.3. The molecule has 0 atom stereocenters. The number of hydrogen-bond acceptors (Lipinski definition) is 6. The van der Waals surface area contributed by atoms with Crippen LogP contribution in [0.15, 0.2) is 22.6 Å². The normalized spacial score (nSPS) is 10.7. The van der Waals surface area contributed by atoms with Crippen LogP contribution in [0.2, 0.25) is 10.0 Å². The topological polar surface area (TPSA) is 101 Å². The molecule has 0 radical (unpaired) electrons. The molecule has 1 aromatic carbocycles. The van der Waals surface area contributed by atoms with Crippen molar-refractivity contribution in [2.24, 2.45) is 0 Å². The van der Waals surface area contributed by atoms with Crippen molar-refractivity contribution in [3.63, 3.8) is 0 Å². The van der Waals surface area contributed by atoms with E-state index in [4.69, 9.17) is 37.6 Å². The van der Waals surface area contributed by atoms with Gasteiger partial charge < -0.3 is 9.15 Å². The van der Waals surface area contributed by atoms with Crippen molar-refractivity contribution in [2.75, 3.05) is 7.11 Å². The van der Waals surface area contributed by atoms with Gasteiger partial charge in [-0.3, -0.25) is 0 Å². The number of H-pyrrole nitrogens is 1. The van der Waals surface area contributed by atoms with Crippen molar-refractivity contribution in [1.29, 1.82) is 5.26 Å². The first kappa shape index (κ1) is 15.5. The number of halogens is 2. The van der Waals surface area contributed by atoms with Crippen molar-refractivity contribution in [1.82, 2.24) is 20.4 Å². The molecule has 0 amide bonds. The van der Waals surface area contributed by atoms with Crippen LogP contribution in [0.4, 0.5) is 0 Å². The molecular weight excluding hydrogens is 341 g/mol. The number of nitrogens with zero attached hydrogens (tertiary/aromatic N) is 4. The third-order valence-corrected chi connectivity index (χ3v) is 3.76. The highest BCUT2D eigenvalue weighted by atomic mass is 35.5. The van der Waals surface area contributed by atoms with E-state index in [-0.39, 0.29) is 12.3 Å². The van der Waals surface area contributed by atoms with Crippen LogP contribution in [-0.4, -0.2) is 27.5 Å². The fourth-order valence-corrected chi connectivity index (χ4v) is 2.29. The molecule has 116 valence electrons. The van der Waals surface area contributed by atoms with Crippen LogP contribution in [-0.2, 0) is 11.3 Å². The van der Waals surface area contributed by atoms with E-state index in [1.54, 1.807) is 18.2 Å². The van der Waals surface area contributed by atoms with Crippen molar-refractivity contribution in [3.05, 3.63) is 39.7 Å². The van der Waals surface area contributed by atoms with Gasteiger partial charge in [-0.15, -0.1) is 5.10 Å². The van der Waals surface area contributed by atoms with E-state index in [1.165, 1.54) is 7.11 Å². The Labute approximate surface area is 140 Å². The summed E-state index contributed by atoms with van der Waals surface area (Å²) in [5.74, 6) is 0.747. The van der Waals surface area contributed by atoms with Gasteiger partial charge >= 0.3 is 0 Å². The second-order valence-corrected chi connectivity index (χ2v) is 5.31. The highest BCUT2D eigenvalue weighted by Crippen LogP contribution is 2.32. The average Bonchev–Trinajstić information content (AvgIpc) is 3.16. The van der Waals surface area contributed by atoms with Gasteiger partial charge in [0, 0.05) is 12.7 Å². The first-order valence-electron chi connectivity index (χ1n) is 6.39. The Morgan fingerprint density at radius 2 is 2.13 bits per heavy atom. The van der Waals surface area contributed by atoms with Crippen LogP contribution < -0.4 is 0 Å². The molecular formula is C14H9Cl2N5O2.